The van der Waals surface area contributed by atoms with E-state index in [0.717, 1.165) is 27.5 Å². The number of hydrogen-bond acceptors (Lipinski definition) is 4. The maximum Gasteiger partial charge on any atom is 0.534 e. The van der Waals surface area contributed by atoms with Crippen LogP contribution in [-0.4, -0.2) is 19.0 Å². The van der Waals surface area contributed by atoms with Gasteiger partial charge in [-0.15, -0.1) is 0 Å². The first kappa shape index (κ1) is 30.8. The van der Waals surface area contributed by atoms with Gasteiger partial charge in [0.05, 0.1) is 0 Å². The zero-order valence-corrected chi connectivity index (χ0v) is 26.9. The Morgan fingerprint density at radius 2 is 1.06 bits per heavy atom. The maximum atomic E-state index is 12.6. The van der Waals surface area contributed by atoms with E-state index in [1.165, 1.54) is 45.3 Å². The molecule has 2 aliphatic rings. The van der Waals surface area contributed by atoms with E-state index in [2.05, 4.69) is 74.3 Å². The van der Waals surface area contributed by atoms with Crippen molar-refractivity contribution >= 4 is 31.7 Å². The Morgan fingerprint density at radius 1 is 0.596 bits per heavy atom. The van der Waals surface area contributed by atoms with Crippen molar-refractivity contribution in [2.75, 3.05) is 0 Å². The van der Waals surface area contributed by atoms with Gasteiger partial charge in [0.1, 0.15) is 11.5 Å². The van der Waals surface area contributed by atoms with Crippen molar-refractivity contribution in [2.45, 2.75) is 44.0 Å². The molecule has 0 saturated carbocycles. The van der Waals surface area contributed by atoms with Gasteiger partial charge in [-0.25, -0.2) is 0 Å². The highest BCUT2D eigenvalue weighted by molar-refractivity contribution is 7.88. The third-order valence-electron chi connectivity index (χ3n) is 9.52. The highest BCUT2D eigenvalue weighted by Crippen LogP contribution is 2.52. The number of phenolic OH excluding ortho intramolecular Hbond substituents is 1. The normalized spacial score (nSPS) is 15.3. The van der Waals surface area contributed by atoms with Gasteiger partial charge >= 0.3 is 15.6 Å². The number of halogens is 3. The highest BCUT2D eigenvalue weighted by Gasteiger charge is 2.48. The van der Waals surface area contributed by atoms with Crippen LogP contribution in [0.15, 0.2) is 109 Å². The van der Waals surface area contributed by atoms with E-state index >= 15 is 0 Å². The lowest BCUT2D eigenvalue weighted by Crippen LogP contribution is -2.28. The minimum Gasteiger partial charge on any atom is -0.508 e. The van der Waals surface area contributed by atoms with Crippen LogP contribution < -0.4 is 4.18 Å². The van der Waals surface area contributed by atoms with Crippen LogP contribution >= 0.6 is 0 Å². The van der Waals surface area contributed by atoms with E-state index in [4.69, 9.17) is 0 Å². The molecule has 4 nitrogen and oxygen atoms in total. The van der Waals surface area contributed by atoms with E-state index < -0.39 is 15.6 Å². The van der Waals surface area contributed by atoms with Crippen LogP contribution in [0, 0.1) is 0 Å². The van der Waals surface area contributed by atoms with Gasteiger partial charge in [-0.1, -0.05) is 113 Å². The third kappa shape index (κ3) is 4.76. The van der Waals surface area contributed by atoms with Crippen LogP contribution in [-0.2, 0) is 20.9 Å². The lowest BCUT2D eigenvalue weighted by atomic mass is 9.80. The first-order chi connectivity index (χ1) is 22.1. The Kier molecular flexibility index (Phi) is 6.78. The number of hydrogen-bond donors (Lipinski definition) is 1. The molecule has 238 valence electrons. The number of benzene rings is 6. The SMILES string of the molecule is CC1(C)c2ccccc2-c2ccc3cc(O)ccc3c21.CC1(C)c2ccccc2-c2ccc3cc(OS(=O)(=O)C(F)(F)F)ccc3c21. The molecule has 47 heavy (non-hydrogen) atoms. The van der Waals surface area contributed by atoms with Gasteiger partial charge in [-0.2, -0.15) is 21.6 Å². The molecule has 0 amide bonds. The van der Waals surface area contributed by atoms with E-state index in [1.807, 2.05) is 36.4 Å². The second-order valence-corrected chi connectivity index (χ2v) is 14.6. The van der Waals surface area contributed by atoms with Crippen LogP contribution in [0.2, 0.25) is 0 Å². The summed E-state index contributed by atoms with van der Waals surface area (Å²) < 4.78 is 64.4. The molecule has 0 bridgehead atoms. The average Bonchev–Trinajstić information content (AvgIpc) is 3.40. The second kappa shape index (κ2) is 10.3. The first-order valence-electron chi connectivity index (χ1n) is 15.2. The molecule has 0 radical (unpaired) electrons. The monoisotopic (exact) mass is 652 g/mol. The fraction of sp³-hybridized carbons (Fsp3) is 0.179. The zero-order chi connectivity index (χ0) is 33.5. The molecule has 8 rings (SSSR count). The Morgan fingerprint density at radius 3 is 1.57 bits per heavy atom. The number of rotatable bonds is 2. The molecule has 1 N–H and O–H groups in total. The molecule has 2 aliphatic carbocycles. The summed E-state index contributed by atoms with van der Waals surface area (Å²) in [7, 11) is -5.70. The minimum atomic E-state index is -5.70. The van der Waals surface area contributed by atoms with Gasteiger partial charge in [-0.3, -0.25) is 0 Å². The number of phenols is 1. The maximum absolute atomic E-state index is 12.6. The largest absolute Gasteiger partial charge is 0.534 e. The fourth-order valence-electron chi connectivity index (χ4n) is 7.44. The van der Waals surface area contributed by atoms with Crippen molar-refractivity contribution < 1.29 is 30.9 Å². The van der Waals surface area contributed by atoms with Gasteiger partial charge in [0.15, 0.2) is 0 Å². The summed E-state index contributed by atoms with van der Waals surface area (Å²) in [6.45, 7) is 8.75. The predicted molar refractivity (Wildman–Crippen MR) is 180 cm³/mol. The van der Waals surface area contributed by atoms with Gasteiger partial charge in [0, 0.05) is 10.8 Å². The van der Waals surface area contributed by atoms with Crippen LogP contribution in [0.25, 0.3) is 43.8 Å². The summed E-state index contributed by atoms with van der Waals surface area (Å²) in [5, 5.41) is 13.5. The summed E-state index contributed by atoms with van der Waals surface area (Å²) in [6.07, 6.45) is 0. The molecule has 0 fully saturated rings. The van der Waals surface area contributed by atoms with Crippen molar-refractivity contribution in [3.63, 3.8) is 0 Å². The van der Waals surface area contributed by atoms with E-state index in [0.29, 0.717) is 11.1 Å². The Balaban J connectivity index is 0.000000156. The molecule has 0 saturated heterocycles. The molecule has 0 unspecified atom stereocenters. The van der Waals surface area contributed by atoms with Crippen molar-refractivity contribution in [2.24, 2.45) is 0 Å². The van der Waals surface area contributed by atoms with E-state index in [1.54, 1.807) is 18.2 Å². The summed E-state index contributed by atoms with van der Waals surface area (Å²) in [6, 6.07) is 34.5. The molecule has 6 aromatic carbocycles. The second-order valence-electron chi connectivity index (χ2n) is 13.1. The van der Waals surface area contributed by atoms with Gasteiger partial charge in [0.2, 0.25) is 0 Å². The van der Waals surface area contributed by atoms with Crippen LogP contribution in [0.5, 0.6) is 11.5 Å². The predicted octanol–water partition coefficient (Wildman–Crippen LogP) is 10.2. The molecular formula is C39H31F3O4S. The molecule has 0 aliphatic heterocycles. The molecule has 6 aromatic rings. The molecule has 0 heterocycles. The summed E-state index contributed by atoms with van der Waals surface area (Å²) in [4.78, 5) is 0. The molecule has 0 spiro atoms. The summed E-state index contributed by atoms with van der Waals surface area (Å²) in [5.41, 5.74) is 4.09. The van der Waals surface area contributed by atoms with Crippen molar-refractivity contribution in [1.82, 2.24) is 0 Å². The average molecular weight is 653 g/mol. The zero-order valence-electron chi connectivity index (χ0n) is 26.1. The Hall–Kier alpha value is -4.82. The summed E-state index contributed by atoms with van der Waals surface area (Å²) in [5.74, 6) is -0.0427. The minimum absolute atomic E-state index is 0.00239. The number of alkyl halides is 3. The third-order valence-corrected chi connectivity index (χ3v) is 10.5. The van der Waals surface area contributed by atoms with Crippen molar-refractivity contribution in [1.29, 1.82) is 0 Å². The summed E-state index contributed by atoms with van der Waals surface area (Å²) >= 11 is 0. The van der Waals surface area contributed by atoms with E-state index in [-0.39, 0.29) is 16.6 Å². The van der Waals surface area contributed by atoms with Crippen LogP contribution in [0.4, 0.5) is 13.2 Å². The first-order valence-corrected chi connectivity index (χ1v) is 16.6. The standard InChI is InChI=1S/C20H15F3O3S.C19H16O/c1-19(2)17-6-4-3-5-15(17)16-9-7-12-11-13(8-10-14(12)18(16)19)26-27(24,25)20(21,22)23;1-19(2)17-6-4-3-5-15(17)16-9-7-12-11-13(20)8-10-14(12)18(16)19/h3-11H,1-2H3;3-11,20H,1-2H3. The lowest BCUT2D eigenvalue weighted by Gasteiger charge is -2.23. The fourth-order valence-corrected chi connectivity index (χ4v) is 7.89. The smallest absolute Gasteiger partial charge is 0.508 e. The number of aromatic hydroxyl groups is 1. The Bertz CT molecular complexity index is 2360. The highest BCUT2D eigenvalue weighted by atomic mass is 32.2. The lowest BCUT2D eigenvalue weighted by molar-refractivity contribution is -0.0500. The van der Waals surface area contributed by atoms with Crippen molar-refractivity contribution in [3.05, 3.63) is 131 Å². The van der Waals surface area contributed by atoms with E-state index in [9.17, 15) is 26.7 Å². The molecule has 0 aromatic heterocycles. The molecular weight excluding hydrogens is 621 g/mol. The van der Waals surface area contributed by atoms with Gasteiger partial charge < -0.3 is 9.29 Å². The van der Waals surface area contributed by atoms with Crippen LogP contribution in [0.1, 0.15) is 49.9 Å². The molecule has 0 atom stereocenters. The topological polar surface area (TPSA) is 63.6 Å². The Labute approximate surface area is 271 Å². The van der Waals surface area contributed by atoms with Crippen molar-refractivity contribution in [3.8, 4) is 33.8 Å². The quantitative estimate of drug-likeness (QED) is 0.149. The van der Waals surface area contributed by atoms with Crippen LogP contribution in [0.3, 0.4) is 0 Å². The molecule has 8 heteroatoms. The van der Waals surface area contributed by atoms with Gasteiger partial charge in [-0.05, 0) is 90.3 Å². The number of fused-ring (bicyclic) bond motifs is 10. The van der Waals surface area contributed by atoms with Gasteiger partial charge in [0.25, 0.3) is 0 Å².